The van der Waals surface area contributed by atoms with E-state index in [2.05, 4.69) is 6.58 Å². The topological polar surface area (TPSA) is 35.5 Å². The van der Waals surface area contributed by atoms with Crippen molar-refractivity contribution in [3.63, 3.8) is 0 Å². The quantitative estimate of drug-likeness (QED) is 0.845. The van der Waals surface area contributed by atoms with E-state index in [4.69, 9.17) is 21.1 Å². The minimum Gasteiger partial charge on any atom is -0.486 e. The zero-order chi connectivity index (χ0) is 12.3. The van der Waals surface area contributed by atoms with Crippen LogP contribution in [0.4, 0.5) is 0 Å². The molecule has 1 atom stereocenters. The van der Waals surface area contributed by atoms with Crippen LogP contribution in [-0.2, 0) is 16.6 Å². The van der Waals surface area contributed by atoms with Gasteiger partial charge in [-0.05, 0) is 6.07 Å². The molecule has 0 saturated carbocycles. The fraction of sp³-hybridized carbons (Fsp3) is 0.333. The Kier molecular flexibility index (Phi) is 4.07. The summed E-state index contributed by atoms with van der Waals surface area (Å²) in [5.74, 6) is 2.12. The maximum atomic E-state index is 11.8. The van der Waals surface area contributed by atoms with E-state index in [0.717, 1.165) is 11.3 Å². The van der Waals surface area contributed by atoms with E-state index in [0.29, 0.717) is 35.5 Å². The Balaban J connectivity index is 2.16. The molecule has 0 spiro atoms. The first kappa shape index (κ1) is 12.5. The molecule has 0 fully saturated rings. The van der Waals surface area contributed by atoms with Gasteiger partial charge in [0.15, 0.2) is 11.5 Å². The number of ether oxygens (including phenoxy) is 2. The van der Waals surface area contributed by atoms with Crippen molar-refractivity contribution in [1.82, 2.24) is 0 Å². The fourth-order valence-electron chi connectivity index (χ4n) is 1.65. The summed E-state index contributed by atoms with van der Waals surface area (Å²) in [6.45, 7) is 4.62. The molecule has 0 bridgehead atoms. The van der Waals surface area contributed by atoms with Crippen molar-refractivity contribution < 1.29 is 13.7 Å². The zero-order valence-corrected chi connectivity index (χ0v) is 10.9. The summed E-state index contributed by atoms with van der Waals surface area (Å²) in [5.41, 5.74) is 0.887. The van der Waals surface area contributed by atoms with Crippen LogP contribution < -0.4 is 9.47 Å². The Morgan fingerprint density at radius 3 is 2.94 bits per heavy atom. The van der Waals surface area contributed by atoms with Gasteiger partial charge in [0.1, 0.15) is 13.2 Å². The molecule has 1 aliphatic heterocycles. The Morgan fingerprint density at radius 1 is 1.41 bits per heavy atom. The molecule has 17 heavy (non-hydrogen) atoms. The van der Waals surface area contributed by atoms with Gasteiger partial charge in [-0.2, -0.15) is 0 Å². The molecular weight excluding hydrogens is 260 g/mol. The number of hydrogen-bond donors (Lipinski definition) is 0. The van der Waals surface area contributed by atoms with Crippen LogP contribution >= 0.6 is 11.6 Å². The highest BCUT2D eigenvalue weighted by Gasteiger charge is 2.16. The van der Waals surface area contributed by atoms with Crippen LogP contribution in [0.2, 0.25) is 0 Å². The van der Waals surface area contributed by atoms with Crippen LogP contribution in [0.15, 0.2) is 29.8 Å². The molecule has 0 N–H and O–H groups in total. The van der Waals surface area contributed by atoms with Crippen molar-refractivity contribution in [2.45, 2.75) is 5.75 Å². The minimum absolute atomic E-state index is 0.298. The molecule has 1 heterocycles. The van der Waals surface area contributed by atoms with Gasteiger partial charge < -0.3 is 9.47 Å². The lowest BCUT2D eigenvalue weighted by atomic mass is 10.2. The standard InChI is InChI=1S/C12H13ClO3S/c1-9(13)7-17(14)8-10-3-2-4-11-12(10)16-6-5-15-11/h2-4H,1,5-8H2/t17-/m0/s1. The van der Waals surface area contributed by atoms with E-state index in [9.17, 15) is 4.21 Å². The largest absolute Gasteiger partial charge is 0.486 e. The molecule has 2 rings (SSSR count). The first-order chi connectivity index (χ1) is 8.16. The Hall–Kier alpha value is -1.00. The van der Waals surface area contributed by atoms with Gasteiger partial charge in [-0.15, -0.1) is 0 Å². The molecule has 3 nitrogen and oxygen atoms in total. The lowest BCUT2D eigenvalue weighted by molar-refractivity contribution is 0.170. The molecule has 0 unspecified atom stereocenters. The summed E-state index contributed by atoms with van der Waals surface area (Å²) >= 11 is 5.64. The van der Waals surface area contributed by atoms with Gasteiger partial charge in [-0.1, -0.05) is 30.3 Å². The van der Waals surface area contributed by atoms with Gasteiger partial charge in [-0.3, -0.25) is 4.21 Å². The highest BCUT2D eigenvalue weighted by atomic mass is 35.5. The number of hydrogen-bond acceptors (Lipinski definition) is 3. The summed E-state index contributed by atoms with van der Waals surface area (Å²) in [5, 5.41) is 0.408. The summed E-state index contributed by atoms with van der Waals surface area (Å²) in [6, 6.07) is 5.61. The zero-order valence-electron chi connectivity index (χ0n) is 9.28. The Bertz CT molecular complexity index is 459. The van der Waals surface area contributed by atoms with E-state index < -0.39 is 10.8 Å². The van der Waals surface area contributed by atoms with Crippen LogP contribution in [0.3, 0.4) is 0 Å². The molecule has 0 aromatic heterocycles. The fourth-order valence-corrected chi connectivity index (χ4v) is 3.04. The van der Waals surface area contributed by atoms with Crippen LogP contribution in [0.5, 0.6) is 11.5 Å². The monoisotopic (exact) mass is 272 g/mol. The van der Waals surface area contributed by atoms with Crippen molar-refractivity contribution in [3.05, 3.63) is 35.4 Å². The van der Waals surface area contributed by atoms with Gasteiger partial charge >= 0.3 is 0 Å². The van der Waals surface area contributed by atoms with E-state index in [1.54, 1.807) is 0 Å². The van der Waals surface area contributed by atoms with Crippen LogP contribution in [-0.4, -0.2) is 23.2 Å². The number of halogens is 1. The number of para-hydroxylation sites is 1. The van der Waals surface area contributed by atoms with Crippen LogP contribution in [0, 0.1) is 0 Å². The molecule has 0 aliphatic carbocycles. The van der Waals surface area contributed by atoms with Crippen molar-refractivity contribution in [3.8, 4) is 11.5 Å². The summed E-state index contributed by atoms with van der Waals surface area (Å²) in [7, 11) is -1.07. The van der Waals surface area contributed by atoms with Gasteiger partial charge in [0.05, 0.1) is 11.5 Å². The van der Waals surface area contributed by atoms with Gasteiger partial charge in [0.2, 0.25) is 0 Å². The van der Waals surface area contributed by atoms with Gasteiger partial charge in [-0.25, -0.2) is 0 Å². The summed E-state index contributed by atoms with van der Waals surface area (Å²) in [4.78, 5) is 0. The second-order valence-corrected chi connectivity index (χ2v) is 5.68. The maximum absolute atomic E-state index is 11.8. The molecule has 0 amide bonds. The molecule has 1 aliphatic rings. The normalized spacial score (nSPS) is 15.4. The summed E-state index contributed by atoms with van der Waals surface area (Å²) < 4.78 is 22.8. The number of benzene rings is 1. The average molecular weight is 273 g/mol. The number of fused-ring (bicyclic) bond motifs is 1. The van der Waals surface area contributed by atoms with E-state index in [1.165, 1.54) is 0 Å². The van der Waals surface area contributed by atoms with Crippen LogP contribution in [0.1, 0.15) is 5.56 Å². The van der Waals surface area contributed by atoms with Crippen molar-refractivity contribution in [2.24, 2.45) is 0 Å². The summed E-state index contributed by atoms with van der Waals surface area (Å²) in [6.07, 6.45) is 0. The van der Waals surface area contributed by atoms with Crippen molar-refractivity contribution >= 4 is 22.4 Å². The first-order valence-corrected chi connectivity index (χ1v) is 7.09. The van der Waals surface area contributed by atoms with E-state index >= 15 is 0 Å². The van der Waals surface area contributed by atoms with Gasteiger partial charge in [0.25, 0.3) is 0 Å². The predicted molar refractivity (Wildman–Crippen MR) is 69.1 cm³/mol. The highest BCUT2D eigenvalue weighted by molar-refractivity contribution is 7.84. The van der Waals surface area contributed by atoms with Crippen LogP contribution in [0.25, 0.3) is 0 Å². The number of rotatable bonds is 4. The first-order valence-electron chi connectivity index (χ1n) is 5.22. The lowest BCUT2D eigenvalue weighted by Crippen LogP contribution is -2.17. The molecule has 1 aromatic rings. The third-order valence-corrected chi connectivity index (χ3v) is 3.88. The lowest BCUT2D eigenvalue weighted by Gasteiger charge is -2.20. The van der Waals surface area contributed by atoms with Gasteiger partial charge in [0, 0.05) is 21.4 Å². The van der Waals surface area contributed by atoms with Crippen molar-refractivity contribution in [1.29, 1.82) is 0 Å². The second-order valence-electron chi connectivity index (χ2n) is 3.69. The molecule has 0 saturated heterocycles. The Morgan fingerprint density at radius 2 is 2.18 bits per heavy atom. The Labute approximate surface area is 108 Å². The molecule has 92 valence electrons. The maximum Gasteiger partial charge on any atom is 0.165 e. The third kappa shape index (κ3) is 3.23. The second kappa shape index (κ2) is 5.56. The predicted octanol–water partition coefficient (Wildman–Crippen LogP) is 2.46. The van der Waals surface area contributed by atoms with E-state index in [1.807, 2.05) is 18.2 Å². The molecule has 0 radical (unpaired) electrons. The minimum atomic E-state index is -1.07. The van der Waals surface area contributed by atoms with Crippen molar-refractivity contribution in [2.75, 3.05) is 19.0 Å². The molecule has 5 heteroatoms. The molecular formula is C12H13ClO3S. The smallest absolute Gasteiger partial charge is 0.165 e. The highest BCUT2D eigenvalue weighted by Crippen LogP contribution is 2.34. The third-order valence-electron chi connectivity index (χ3n) is 2.28. The van der Waals surface area contributed by atoms with E-state index in [-0.39, 0.29) is 0 Å². The molecule has 1 aromatic carbocycles. The average Bonchev–Trinajstić information content (AvgIpc) is 2.28. The SMILES string of the molecule is C=C(Cl)C[S@](=O)Cc1cccc2c1OCCO2.